The summed E-state index contributed by atoms with van der Waals surface area (Å²) in [5, 5.41) is 0. The third kappa shape index (κ3) is 4.08. The van der Waals surface area contributed by atoms with Crippen molar-refractivity contribution in [1.29, 1.82) is 0 Å². The second-order valence-electron chi connectivity index (χ2n) is 6.41. The van der Waals surface area contributed by atoms with Crippen LogP contribution in [-0.2, 0) is 0 Å². The summed E-state index contributed by atoms with van der Waals surface area (Å²) in [6, 6.07) is 7.95. The number of carbonyl (C=O) groups excluding carboxylic acids is 1. The average Bonchev–Trinajstić information content (AvgIpc) is 2.66. The molecule has 144 valence electrons. The molecular formula is C22H27NO4. The van der Waals surface area contributed by atoms with Crippen molar-refractivity contribution >= 4 is 17.5 Å². The van der Waals surface area contributed by atoms with E-state index in [4.69, 9.17) is 14.2 Å². The molecule has 0 N–H and O–H groups in total. The summed E-state index contributed by atoms with van der Waals surface area (Å²) in [6.45, 7) is 3.73. The summed E-state index contributed by atoms with van der Waals surface area (Å²) in [6.07, 6.45) is 3.33. The molecule has 0 unspecified atom stereocenters. The fourth-order valence-corrected chi connectivity index (χ4v) is 3.14. The third-order valence-corrected chi connectivity index (χ3v) is 4.51. The first kappa shape index (κ1) is 20.4. The molecule has 2 aromatic rings. The zero-order chi connectivity index (χ0) is 20.1. The number of ether oxygens (including phenoxy) is 3. The van der Waals surface area contributed by atoms with Gasteiger partial charge in [-0.15, -0.1) is 0 Å². The van der Waals surface area contributed by atoms with Crippen LogP contribution in [0.15, 0.2) is 30.3 Å². The first-order chi connectivity index (χ1) is 12.8. The van der Waals surface area contributed by atoms with E-state index in [-0.39, 0.29) is 5.78 Å². The molecule has 0 heterocycles. The molecule has 0 radical (unpaired) electrons. The number of benzene rings is 2. The van der Waals surface area contributed by atoms with Crippen molar-refractivity contribution in [1.82, 2.24) is 0 Å². The highest BCUT2D eigenvalue weighted by molar-refractivity contribution is 6.11. The standard InChI is InChI=1S/C22H27NO4/c1-14-20(25-5)15(2)22(27-7)19(21(14)26-6)18(24)13-10-16-8-11-17(12-9-16)23(3)4/h8-13H,1-7H3. The average molecular weight is 369 g/mol. The molecule has 0 aliphatic carbocycles. The Morgan fingerprint density at radius 1 is 0.852 bits per heavy atom. The molecule has 0 spiro atoms. The van der Waals surface area contributed by atoms with Gasteiger partial charge in [0, 0.05) is 30.9 Å². The van der Waals surface area contributed by atoms with E-state index in [1.54, 1.807) is 13.2 Å². The molecule has 0 aliphatic heterocycles. The van der Waals surface area contributed by atoms with Gasteiger partial charge in [-0.05, 0) is 37.6 Å². The summed E-state index contributed by atoms with van der Waals surface area (Å²) in [4.78, 5) is 15.0. The summed E-state index contributed by atoms with van der Waals surface area (Å²) in [5.74, 6) is 1.40. The molecule has 2 rings (SSSR count). The Hall–Kier alpha value is -2.95. The van der Waals surface area contributed by atoms with E-state index in [0.29, 0.717) is 22.8 Å². The lowest BCUT2D eigenvalue weighted by Gasteiger charge is -2.19. The van der Waals surface area contributed by atoms with Crippen LogP contribution < -0.4 is 19.1 Å². The first-order valence-corrected chi connectivity index (χ1v) is 8.64. The van der Waals surface area contributed by atoms with Gasteiger partial charge in [0.1, 0.15) is 22.8 Å². The van der Waals surface area contributed by atoms with Gasteiger partial charge in [-0.2, -0.15) is 0 Å². The maximum atomic E-state index is 13.0. The van der Waals surface area contributed by atoms with Crippen molar-refractivity contribution in [3.63, 3.8) is 0 Å². The van der Waals surface area contributed by atoms with Crippen LogP contribution in [0.2, 0.25) is 0 Å². The summed E-state index contributed by atoms with van der Waals surface area (Å²) in [5.41, 5.74) is 3.98. The van der Waals surface area contributed by atoms with E-state index in [2.05, 4.69) is 0 Å². The van der Waals surface area contributed by atoms with Crippen LogP contribution in [0.5, 0.6) is 17.2 Å². The van der Waals surface area contributed by atoms with E-state index in [1.807, 2.05) is 57.1 Å². The smallest absolute Gasteiger partial charge is 0.193 e. The lowest BCUT2D eigenvalue weighted by atomic mass is 9.98. The molecule has 0 aliphatic rings. The van der Waals surface area contributed by atoms with E-state index >= 15 is 0 Å². The largest absolute Gasteiger partial charge is 0.496 e. The second kappa shape index (κ2) is 8.62. The topological polar surface area (TPSA) is 48.0 Å². The molecular weight excluding hydrogens is 342 g/mol. The van der Waals surface area contributed by atoms with Gasteiger partial charge in [0.15, 0.2) is 5.78 Å². The first-order valence-electron chi connectivity index (χ1n) is 8.64. The quantitative estimate of drug-likeness (QED) is 0.538. The van der Waals surface area contributed by atoms with Crippen LogP contribution in [-0.4, -0.2) is 41.2 Å². The number of ketones is 1. The molecule has 2 aromatic carbocycles. The lowest BCUT2D eigenvalue weighted by Crippen LogP contribution is -2.08. The predicted molar refractivity (Wildman–Crippen MR) is 110 cm³/mol. The highest BCUT2D eigenvalue weighted by Gasteiger charge is 2.25. The molecule has 0 aromatic heterocycles. The summed E-state index contributed by atoms with van der Waals surface area (Å²) in [7, 11) is 8.64. The predicted octanol–water partition coefficient (Wildman–Crippen LogP) is 4.29. The zero-order valence-corrected chi connectivity index (χ0v) is 17.0. The Bertz CT molecular complexity index is 821. The maximum absolute atomic E-state index is 13.0. The van der Waals surface area contributed by atoms with Gasteiger partial charge in [-0.3, -0.25) is 4.79 Å². The van der Waals surface area contributed by atoms with Crippen LogP contribution >= 0.6 is 0 Å². The minimum atomic E-state index is -0.186. The summed E-state index contributed by atoms with van der Waals surface area (Å²) >= 11 is 0. The highest BCUT2D eigenvalue weighted by Crippen LogP contribution is 2.43. The van der Waals surface area contributed by atoms with Crippen LogP contribution in [0.1, 0.15) is 27.0 Å². The molecule has 5 nitrogen and oxygen atoms in total. The van der Waals surface area contributed by atoms with E-state index in [1.165, 1.54) is 20.3 Å². The molecule has 0 amide bonds. The number of carbonyl (C=O) groups is 1. The Labute approximate surface area is 161 Å². The van der Waals surface area contributed by atoms with Crippen molar-refractivity contribution in [2.75, 3.05) is 40.3 Å². The van der Waals surface area contributed by atoms with Crippen LogP contribution in [0, 0.1) is 13.8 Å². The van der Waals surface area contributed by atoms with Crippen LogP contribution in [0.3, 0.4) is 0 Å². The Morgan fingerprint density at radius 3 is 1.74 bits per heavy atom. The molecule has 0 saturated heterocycles. The minimum Gasteiger partial charge on any atom is -0.496 e. The van der Waals surface area contributed by atoms with Gasteiger partial charge in [0.25, 0.3) is 0 Å². The lowest BCUT2D eigenvalue weighted by molar-refractivity contribution is 0.104. The van der Waals surface area contributed by atoms with Gasteiger partial charge >= 0.3 is 0 Å². The van der Waals surface area contributed by atoms with Crippen molar-refractivity contribution < 1.29 is 19.0 Å². The van der Waals surface area contributed by atoms with Crippen molar-refractivity contribution in [2.24, 2.45) is 0 Å². The van der Waals surface area contributed by atoms with Crippen molar-refractivity contribution in [2.45, 2.75) is 13.8 Å². The van der Waals surface area contributed by atoms with Gasteiger partial charge in [0.05, 0.1) is 21.3 Å². The molecule has 27 heavy (non-hydrogen) atoms. The van der Waals surface area contributed by atoms with Crippen molar-refractivity contribution in [3.8, 4) is 17.2 Å². The maximum Gasteiger partial charge on any atom is 0.193 e. The van der Waals surface area contributed by atoms with E-state index in [9.17, 15) is 4.79 Å². The zero-order valence-electron chi connectivity index (χ0n) is 17.0. The number of hydrogen-bond donors (Lipinski definition) is 0. The minimum absolute atomic E-state index is 0.186. The fraction of sp³-hybridized carbons (Fsp3) is 0.318. The number of rotatable bonds is 7. The number of allylic oxidation sites excluding steroid dienone is 1. The number of methoxy groups -OCH3 is 3. The van der Waals surface area contributed by atoms with E-state index in [0.717, 1.165) is 22.4 Å². The molecule has 5 heteroatoms. The number of nitrogens with zero attached hydrogens (tertiary/aromatic N) is 1. The Kier molecular flexibility index (Phi) is 6.50. The van der Waals surface area contributed by atoms with Gasteiger partial charge in [0.2, 0.25) is 0 Å². The van der Waals surface area contributed by atoms with Crippen LogP contribution in [0.4, 0.5) is 5.69 Å². The number of hydrogen-bond acceptors (Lipinski definition) is 5. The number of anilines is 1. The highest BCUT2D eigenvalue weighted by atomic mass is 16.5. The van der Waals surface area contributed by atoms with Gasteiger partial charge < -0.3 is 19.1 Å². The monoisotopic (exact) mass is 369 g/mol. The summed E-state index contributed by atoms with van der Waals surface area (Å²) < 4.78 is 16.5. The molecule has 0 atom stereocenters. The Morgan fingerprint density at radius 2 is 1.33 bits per heavy atom. The SMILES string of the molecule is COc1c(C)c(OC)c(C(=O)C=Cc2ccc(N(C)C)cc2)c(OC)c1C. The second-order valence-corrected chi connectivity index (χ2v) is 6.41. The molecule has 0 fully saturated rings. The van der Waals surface area contributed by atoms with Gasteiger partial charge in [-0.25, -0.2) is 0 Å². The normalized spacial score (nSPS) is 10.8. The Balaban J connectivity index is 2.46. The van der Waals surface area contributed by atoms with Crippen molar-refractivity contribution in [3.05, 3.63) is 52.6 Å². The van der Waals surface area contributed by atoms with Gasteiger partial charge in [-0.1, -0.05) is 18.2 Å². The van der Waals surface area contributed by atoms with E-state index < -0.39 is 0 Å². The molecule has 0 bridgehead atoms. The third-order valence-electron chi connectivity index (χ3n) is 4.51. The fourth-order valence-electron chi connectivity index (χ4n) is 3.14. The van der Waals surface area contributed by atoms with Crippen LogP contribution in [0.25, 0.3) is 6.08 Å². The molecule has 0 saturated carbocycles.